The van der Waals surface area contributed by atoms with Crippen LogP contribution in [0.2, 0.25) is 0 Å². The molecule has 0 amide bonds. The van der Waals surface area contributed by atoms with Crippen molar-refractivity contribution in [3.05, 3.63) is 11.6 Å². The molecular formula is C14H28N2. The number of rotatable bonds is 5. The van der Waals surface area contributed by atoms with Crippen LogP contribution in [0.15, 0.2) is 11.6 Å². The molecule has 16 heavy (non-hydrogen) atoms. The van der Waals surface area contributed by atoms with Gasteiger partial charge in [0.25, 0.3) is 0 Å². The first-order valence-corrected chi connectivity index (χ1v) is 6.72. The largest absolute Gasteiger partial charge is 0.314 e. The number of hydrogen-bond acceptors (Lipinski definition) is 2. The van der Waals surface area contributed by atoms with E-state index in [4.69, 9.17) is 0 Å². The molecule has 1 aliphatic heterocycles. The molecule has 1 rings (SSSR count). The van der Waals surface area contributed by atoms with Crippen LogP contribution in [0, 0.1) is 5.92 Å². The lowest BCUT2D eigenvalue weighted by Crippen LogP contribution is -2.48. The standard InChI is InChI=1S/C14H28N2/c1-5-8-15-14-7-10-16(11-13(14)4)9-6-12(2)3/h6,13-15H,5,7-11H2,1-4H3. The lowest BCUT2D eigenvalue weighted by molar-refractivity contribution is 0.160. The summed E-state index contributed by atoms with van der Waals surface area (Å²) in [7, 11) is 0. The zero-order valence-corrected chi connectivity index (χ0v) is 11.4. The molecule has 1 fully saturated rings. The summed E-state index contributed by atoms with van der Waals surface area (Å²) in [5.41, 5.74) is 1.43. The van der Waals surface area contributed by atoms with E-state index in [0.717, 1.165) is 18.5 Å². The maximum Gasteiger partial charge on any atom is 0.0165 e. The predicted octanol–water partition coefficient (Wildman–Crippen LogP) is 2.66. The Morgan fingerprint density at radius 2 is 2.19 bits per heavy atom. The zero-order valence-electron chi connectivity index (χ0n) is 11.4. The second kappa shape index (κ2) is 7.08. The summed E-state index contributed by atoms with van der Waals surface area (Å²) in [5, 5.41) is 3.66. The molecule has 2 nitrogen and oxygen atoms in total. The van der Waals surface area contributed by atoms with Crippen LogP contribution in [-0.2, 0) is 0 Å². The molecule has 2 atom stereocenters. The maximum absolute atomic E-state index is 3.66. The SMILES string of the molecule is CCCNC1CCN(CC=C(C)C)CC1C. The minimum atomic E-state index is 0.739. The first-order valence-electron chi connectivity index (χ1n) is 6.72. The first kappa shape index (κ1) is 13.7. The van der Waals surface area contributed by atoms with E-state index in [0.29, 0.717) is 0 Å². The van der Waals surface area contributed by atoms with Gasteiger partial charge >= 0.3 is 0 Å². The maximum atomic E-state index is 3.66. The third-order valence-electron chi connectivity index (χ3n) is 3.40. The van der Waals surface area contributed by atoms with E-state index >= 15 is 0 Å². The number of nitrogens with one attached hydrogen (secondary N) is 1. The molecule has 0 aromatic heterocycles. The fourth-order valence-corrected chi connectivity index (χ4v) is 2.34. The molecule has 0 radical (unpaired) electrons. The van der Waals surface area contributed by atoms with Gasteiger partial charge in [-0.05, 0) is 45.7 Å². The number of nitrogens with zero attached hydrogens (tertiary/aromatic N) is 1. The summed E-state index contributed by atoms with van der Waals surface area (Å²) in [6.45, 7) is 13.8. The zero-order chi connectivity index (χ0) is 12.0. The van der Waals surface area contributed by atoms with Gasteiger partial charge in [-0.2, -0.15) is 0 Å². The minimum Gasteiger partial charge on any atom is -0.314 e. The Morgan fingerprint density at radius 1 is 1.44 bits per heavy atom. The fraction of sp³-hybridized carbons (Fsp3) is 0.857. The average molecular weight is 224 g/mol. The molecule has 1 saturated heterocycles. The van der Waals surface area contributed by atoms with Gasteiger partial charge in [0.15, 0.2) is 0 Å². The number of likely N-dealkylation sites (tertiary alicyclic amines) is 1. The van der Waals surface area contributed by atoms with Gasteiger partial charge in [0, 0.05) is 19.1 Å². The number of hydrogen-bond donors (Lipinski definition) is 1. The second-order valence-electron chi connectivity index (χ2n) is 5.37. The molecule has 1 heterocycles. The summed E-state index contributed by atoms with van der Waals surface area (Å²) >= 11 is 0. The molecule has 0 saturated carbocycles. The molecule has 2 unspecified atom stereocenters. The van der Waals surface area contributed by atoms with E-state index in [-0.39, 0.29) is 0 Å². The molecule has 0 aromatic carbocycles. The third kappa shape index (κ3) is 4.67. The quantitative estimate of drug-likeness (QED) is 0.722. The summed E-state index contributed by atoms with van der Waals surface area (Å²) in [6, 6.07) is 0.739. The van der Waals surface area contributed by atoms with Crippen LogP contribution in [0.3, 0.4) is 0 Å². The van der Waals surface area contributed by atoms with Gasteiger partial charge in [-0.25, -0.2) is 0 Å². The van der Waals surface area contributed by atoms with Gasteiger partial charge in [-0.1, -0.05) is 25.5 Å². The Labute approximate surface area is 101 Å². The summed E-state index contributed by atoms with van der Waals surface area (Å²) in [5.74, 6) is 0.783. The van der Waals surface area contributed by atoms with Crippen molar-refractivity contribution in [3.63, 3.8) is 0 Å². The first-order chi connectivity index (χ1) is 7.63. The van der Waals surface area contributed by atoms with Gasteiger partial charge in [-0.15, -0.1) is 0 Å². The molecule has 0 aliphatic carbocycles. The highest BCUT2D eigenvalue weighted by Crippen LogP contribution is 2.16. The topological polar surface area (TPSA) is 15.3 Å². The van der Waals surface area contributed by atoms with Crippen LogP contribution in [0.25, 0.3) is 0 Å². The highest BCUT2D eigenvalue weighted by Gasteiger charge is 2.24. The van der Waals surface area contributed by atoms with Crippen molar-refractivity contribution in [2.45, 2.75) is 46.6 Å². The van der Waals surface area contributed by atoms with Gasteiger partial charge in [0.1, 0.15) is 0 Å². The van der Waals surface area contributed by atoms with Crippen molar-refractivity contribution in [3.8, 4) is 0 Å². The lowest BCUT2D eigenvalue weighted by atomic mass is 9.93. The van der Waals surface area contributed by atoms with Crippen LogP contribution in [0.5, 0.6) is 0 Å². The van der Waals surface area contributed by atoms with Crippen LogP contribution < -0.4 is 5.32 Å². The molecule has 0 spiro atoms. The molecule has 2 heteroatoms. The van der Waals surface area contributed by atoms with Gasteiger partial charge in [0.2, 0.25) is 0 Å². The Balaban J connectivity index is 2.30. The Bertz CT molecular complexity index is 219. The van der Waals surface area contributed by atoms with Crippen molar-refractivity contribution in [2.24, 2.45) is 5.92 Å². The second-order valence-corrected chi connectivity index (χ2v) is 5.37. The monoisotopic (exact) mass is 224 g/mol. The van der Waals surface area contributed by atoms with Crippen LogP contribution in [0.4, 0.5) is 0 Å². The van der Waals surface area contributed by atoms with E-state index in [2.05, 4.69) is 44.0 Å². The predicted molar refractivity (Wildman–Crippen MR) is 71.7 cm³/mol. The number of allylic oxidation sites excluding steroid dienone is 1. The minimum absolute atomic E-state index is 0.739. The van der Waals surface area contributed by atoms with E-state index < -0.39 is 0 Å². The van der Waals surface area contributed by atoms with Crippen molar-refractivity contribution in [1.29, 1.82) is 0 Å². The Hall–Kier alpha value is -0.340. The molecule has 1 aliphatic rings. The Morgan fingerprint density at radius 3 is 2.75 bits per heavy atom. The van der Waals surface area contributed by atoms with Gasteiger partial charge in [0.05, 0.1) is 0 Å². The van der Waals surface area contributed by atoms with E-state index in [1.54, 1.807) is 0 Å². The van der Waals surface area contributed by atoms with Gasteiger partial charge in [-0.3, -0.25) is 4.90 Å². The highest BCUT2D eigenvalue weighted by atomic mass is 15.1. The normalized spacial score (nSPS) is 26.8. The van der Waals surface area contributed by atoms with Crippen LogP contribution in [0.1, 0.15) is 40.5 Å². The summed E-state index contributed by atoms with van der Waals surface area (Å²) < 4.78 is 0. The van der Waals surface area contributed by atoms with Crippen LogP contribution >= 0.6 is 0 Å². The van der Waals surface area contributed by atoms with Crippen LogP contribution in [-0.4, -0.2) is 37.1 Å². The van der Waals surface area contributed by atoms with Gasteiger partial charge < -0.3 is 5.32 Å². The molecule has 1 N–H and O–H groups in total. The molecular weight excluding hydrogens is 196 g/mol. The van der Waals surface area contributed by atoms with E-state index in [9.17, 15) is 0 Å². The van der Waals surface area contributed by atoms with Crippen molar-refractivity contribution in [1.82, 2.24) is 10.2 Å². The summed E-state index contributed by atoms with van der Waals surface area (Å²) in [6.07, 6.45) is 4.88. The van der Waals surface area contributed by atoms with E-state index in [1.807, 2.05) is 0 Å². The van der Waals surface area contributed by atoms with Crippen molar-refractivity contribution >= 4 is 0 Å². The van der Waals surface area contributed by atoms with Crippen molar-refractivity contribution in [2.75, 3.05) is 26.2 Å². The smallest absolute Gasteiger partial charge is 0.0165 e. The molecule has 0 bridgehead atoms. The Kier molecular flexibility index (Phi) is 6.07. The molecule has 94 valence electrons. The third-order valence-corrected chi connectivity index (χ3v) is 3.40. The lowest BCUT2D eigenvalue weighted by Gasteiger charge is -2.37. The van der Waals surface area contributed by atoms with E-state index in [1.165, 1.54) is 38.0 Å². The molecule has 0 aromatic rings. The highest BCUT2D eigenvalue weighted by molar-refractivity contribution is 4.96. The van der Waals surface area contributed by atoms with Crippen molar-refractivity contribution < 1.29 is 0 Å². The summed E-state index contributed by atoms with van der Waals surface area (Å²) in [4.78, 5) is 2.57. The average Bonchev–Trinajstić information content (AvgIpc) is 2.25. The fourth-order valence-electron chi connectivity index (χ4n) is 2.34. The number of piperidine rings is 1.